The van der Waals surface area contributed by atoms with Gasteiger partial charge in [-0.3, -0.25) is 4.79 Å². The second-order valence-electron chi connectivity index (χ2n) is 6.52. The van der Waals surface area contributed by atoms with E-state index in [4.69, 9.17) is 0 Å². The number of likely N-dealkylation sites (N-methyl/N-ethyl adjacent to an activating group) is 1. The highest BCUT2D eigenvalue weighted by molar-refractivity contribution is 5.83. The highest BCUT2D eigenvalue weighted by atomic mass is 16.2. The summed E-state index contributed by atoms with van der Waals surface area (Å²) in [6.07, 6.45) is 10.7. The van der Waals surface area contributed by atoms with Crippen LogP contribution in [0.25, 0.3) is 0 Å². The number of fused-ring (bicyclic) bond motifs is 1. The molecule has 4 atom stereocenters. The fourth-order valence-corrected chi connectivity index (χ4v) is 4.17. The predicted octanol–water partition coefficient (Wildman–Crippen LogP) is 1.12. The molecule has 2 fully saturated rings. The van der Waals surface area contributed by atoms with Gasteiger partial charge in [-0.15, -0.1) is 0 Å². The van der Waals surface area contributed by atoms with E-state index in [0.717, 1.165) is 18.5 Å². The third-order valence-corrected chi connectivity index (χ3v) is 5.17. The Morgan fingerprint density at radius 2 is 2.29 bits per heavy atom. The average Bonchev–Trinajstić information content (AvgIpc) is 2.91. The molecule has 5 nitrogen and oxygen atoms in total. The van der Waals surface area contributed by atoms with Crippen molar-refractivity contribution < 1.29 is 4.79 Å². The Hall–Kier alpha value is -1.49. The van der Waals surface area contributed by atoms with E-state index >= 15 is 0 Å². The molecular formula is C16H26N4O. The molecule has 0 aromatic carbocycles. The van der Waals surface area contributed by atoms with Crippen molar-refractivity contribution in [3.63, 3.8) is 0 Å². The molecule has 0 aromatic heterocycles. The molecule has 0 aromatic rings. The molecule has 116 valence electrons. The summed E-state index contributed by atoms with van der Waals surface area (Å²) in [6.45, 7) is 2.88. The second kappa shape index (κ2) is 6.10. The van der Waals surface area contributed by atoms with Crippen molar-refractivity contribution in [3.05, 3.63) is 24.0 Å². The lowest BCUT2D eigenvalue weighted by Crippen LogP contribution is -2.51. The SMILES string of the molecule is CNC1C(=O)N(CC2=CC=CNN2)C2CCCC2CC1C. The Bertz CT molecular complexity index is 459. The number of amides is 1. The van der Waals surface area contributed by atoms with Crippen molar-refractivity contribution in [2.45, 2.75) is 44.7 Å². The Balaban J connectivity index is 1.84. The third-order valence-electron chi connectivity index (χ3n) is 5.17. The number of hydrazine groups is 1. The number of carbonyl (C=O) groups excluding carboxylic acids is 1. The van der Waals surface area contributed by atoms with Crippen molar-refractivity contribution in [1.29, 1.82) is 0 Å². The molecule has 1 saturated heterocycles. The molecule has 4 unspecified atom stereocenters. The predicted molar refractivity (Wildman–Crippen MR) is 83.0 cm³/mol. The van der Waals surface area contributed by atoms with Crippen molar-refractivity contribution >= 4 is 5.91 Å². The van der Waals surface area contributed by atoms with Gasteiger partial charge in [-0.1, -0.05) is 13.3 Å². The van der Waals surface area contributed by atoms with E-state index in [1.807, 2.05) is 25.4 Å². The zero-order chi connectivity index (χ0) is 14.8. The van der Waals surface area contributed by atoms with Gasteiger partial charge < -0.3 is 21.1 Å². The molecule has 2 aliphatic heterocycles. The second-order valence-corrected chi connectivity index (χ2v) is 6.52. The van der Waals surface area contributed by atoms with Gasteiger partial charge in [-0.05, 0) is 50.3 Å². The van der Waals surface area contributed by atoms with Gasteiger partial charge >= 0.3 is 0 Å². The number of nitrogens with one attached hydrogen (secondary N) is 3. The summed E-state index contributed by atoms with van der Waals surface area (Å²) in [6, 6.07) is 0.357. The first kappa shape index (κ1) is 14.4. The fourth-order valence-electron chi connectivity index (χ4n) is 4.17. The maximum absolute atomic E-state index is 13.0. The molecule has 3 aliphatic rings. The van der Waals surface area contributed by atoms with Gasteiger partial charge in [0, 0.05) is 12.2 Å². The number of nitrogens with zero attached hydrogens (tertiary/aromatic N) is 1. The largest absolute Gasteiger partial charge is 0.332 e. The molecule has 21 heavy (non-hydrogen) atoms. The number of hydrogen-bond acceptors (Lipinski definition) is 4. The smallest absolute Gasteiger partial charge is 0.240 e. The lowest BCUT2D eigenvalue weighted by Gasteiger charge is -2.33. The molecule has 2 heterocycles. The maximum atomic E-state index is 13.0. The van der Waals surface area contributed by atoms with Crippen LogP contribution in [0.2, 0.25) is 0 Å². The summed E-state index contributed by atoms with van der Waals surface area (Å²) in [5.74, 6) is 1.33. The average molecular weight is 290 g/mol. The summed E-state index contributed by atoms with van der Waals surface area (Å²) in [4.78, 5) is 15.1. The molecule has 5 heteroatoms. The van der Waals surface area contributed by atoms with Crippen LogP contribution in [0.3, 0.4) is 0 Å². The minimum Gasteiger partial charge on any atom is -0.332 e. The Kier molecular flexibility index (Phi) is 4.19. The molecule has 1 amide bonds. The van der Waals surface area contributed by atoms with Crippen LogP contribution < -0.4 is 16.2 Å². The van der Waals surface area contributed by atoms with Crippen LogP contribution in [0.5, 0.6) is 0 Å². The molecule has 3 rings (SSSR count). The van der Waals surface area contributed by atoms with Crippen molar-refractivity contribution in [2.75, 3.05) is 13.6 Å². The highest BCUT2D eigenvalue weighted by Crippen LogP contribution is 2.38. The Morgan fingerprint density at radius 1 is 1.43 bits per heavy atom. The molecule has 1 saturated carbocycles. The monoisotopic (exact) mass is 290 g/mol. The summed E-state index contributed by atoms with van der Waals surface area (Å²) < 4.78 is 0. The zero-order valence-electron chi connectivity index (χ0n) is 12.9. The van der Waals surface area contributed by atoms with Crippen LogP contribution in [0.1, 0.15) is 32.6 Å². The van der Waals surface area contributed by atoms with Gasteiger partial charge in [-0.25, -0.2) is 0 Å². The number of carbonyl (C=O) groups is 1. The fraction of sp³-hybridized carbons (Fsp3) is 0.688. The summed E-state index contributed by atoms with van der Waals surface area (Å²) in [5, 5.41) is 3.24. The van der Waals surface area contributed by atoms with Gasteiger partial charge in [0.2, 0.25) is 5.91 Å². The molecule has 3 N–H and O–H groups in total. The quantitative estimate of drug-likeness (QED) is 0.729. The van der Waals surface area contributed by atoms with Crippen molar-refractivity contribution in [2.24, 2.45) is 11.8 Å². The van der Waals surface area contributed by atoms with Crippen molar-refractivity contribution in [1.82, 2.24) is 21.1 Å². The zero-order valence-corrected chi connectivity index (χ0v) is 12.9. The van der Waals surface area contributed by atoms with Gasteiger partial charge in [0.05, 0.1) is 18.3 Å². The first-order valence-corrected chi connectivity index (χ1v) is 8.05. The first-order chi connectivity index (χ1) is 10.2. The van der Waals surface area contributed by atoms with Crippen LogP contribution in [-0.4, -0.2) is 36.5 Å². The van der Waals surface area contributed by atoms with Gasteiger partial charge in [0.15, 0.2) is 0 Å². The van der Waals surface area contributed by atoms with Crippen LogP contribution in [-0.2, 0) is 4.79 Å². The van der Waals surface area contributed by atoms with E-state index in [9.17, 15) is 4.79 Å². The lowest BCUT2D eigenvalue weighted by molar-refractivity contribution is -0.135. The molecule has 0 radical (unpaired) electrons. The third kappa shape index (κ3) is 2.79. The maximum Gasteiger partial charge on any atom is 0.240 e. The minimum absolute atomic E-state index is 0.0525. The number of rotatable bonds is 3. The van der Waals surface area contributed by atoms with E-state index in [1.165, 1.54) is 12.8 Å². The van der Waals surface area contributed by atoms with E-state index in [2.05, 4.69) is 28.0 Å². The molecule has 1 aliphatic carbocycles. The molecule has 0 spiro atoms. The summed E-state index contributed by atoms with van der Waals surface area (Å²) in [5.41, 5.74) is 7.19. The summed E-state index contributed by atoms with van der Waals surface area (Å²) >= 11 is 0. The van der Waals surface area contributed by atoms with Crippen molar-refractivity contribution in [3.8, 4) is 0 Å². The minimum atomic E-state index is -0.0525. The van der Waals surface area contributed by atoms with E-state index in [-0.39, 0.29) is 11.9 Å². The lowest BCUT2D eigenvalue weighted by atomic mass is 9.90. The number of allylic oxidation sites excluding steroid dienone is 2. The Morgan fingerprint density at radius 3 is 3.00 bits per heavy atom. The van der Waals surface area contributed by atoms with Crippen LogP contribution in [0.15, 0.2) is 24.0 Å². The standard InChI is InChI=1S/C16H26N4O/c1-11-9-12-5-3-7-14(12)20(16(21)15(11)17-2)10-13-6-4-8-18-19-13/h4,6,8,11-12,14-15,17-19H,3,5,7,9-10H2,1-2H3. The van der Waals surface area contributed by atoms with Crippen LogP contribution in [0.4, 0.5) is 0 Å². The molecular weight excluding hydrogens is 264 g/mol. The van der Waals surface area contributed by atoms with Gasteiger partial charge in [0.1, 0.15) is 0 Å². The number of hydrogen-bond donors (Lipinski definition) is 3. The first-order valence-electron chi connectivity index (χ1n) is 8.05. The summed E-state index contributed by atoms with van der Waals surface area (Å²) in [7, 11) is 1.90. The molecule has 0 bridgehead atoms. The van der Waals surface area contributed by atoms with Gasteiger partial charge in [-0.2, -0.15) is 0 Å². The normalized spacial score (nSPS) is 35.6. The number of likely N-dealkylation sites (tertiary alicyclic amines) is 1. The van der Waals surface area contributed by atoms with Gasteiger partial charge in [0.25, 0.3) is 0 Å². The van der Waals surface area contributed by atoms with Crippen LogP contribution in [0, 0.1) is 11.8 Å². The van der Waals surface area contributed by atoms with E-state index in [0.29, 0.717) is 24.4 Å². The topological polar surface area (TPSA) is 56.4 Å². The highest BCUT2D eigenvalue weighted by Gasteiger charge is 2.43. The van der Waals surface area contributed by atoms with E-state index < -0.39 is 0 Å². The van der Waals surface area contributed by atoms with E-state index in [1.54, 1.807) is 0 Å². The Labute approximate surface area is 126 Å². The van der Waals surface area contributed by atoms with Crippen LogP contribution >= 0.6 is 0 Å².